The maximum Gasteiger partial charge on any atom is 0.289 e. The summed E-state index contributed by atoms with van der Waals surface area (Å²) in [7, 11) is 1.54. The van der Waals surface area contributed by atoms with Crippen molar-refractivity contribution in [1.82, 2.24) is 5.43 Å². The fourth-order valence-electron chi connectivity index (χ4n) is 3.44. The molecule has 0 unspecified atom stereocenters. The molecule has 4 rings (SSSR count). The number of nitrogens with one attached hydrogen (secondary N) is 1. The van der Waals surface area contributed by atoms with Crippen molar-refractivity contribution in [3.63, 3.8) is 0 Å². The quantitative estimate of drug-likeness (QED) is 0.436. The maximum atomic E-state index is 12.6. The molecule has 2 atom stereocenters. The third-order valence-corrected chi connectivity index (χ3v) is 6.56. The van der Waals surface area contributed by atoms with Crippen LogP contribution in [0, 0.1) is 12.8 Å². The van der Waals surface area contributed by atoms with Crippen LogP contribution in [0.4, 0.5) is 0 Å². The van der Waals surface area contributed by atoms with E-state index in [2.05, 4.69) is 47.5 Å². The lowest BCUT2D eigenvalue weighted by atomic mass is 9.93. The van der Waals surface area contributed by atoms with Crippen molar-refractivity contribution >= 4 is 49.7 Å². The van der Waals surface area contributed by atoms with Gasteiger partial charge in [0.2, 0.25) is 12.5 Å². The SMILES string of the molecule is COc1c(Br)c([C@H]2ON=C(C(=O)N/N=C\c3cccc(C)c3)[C@H]2C)c(Br)c2c1OCO2. The number of aryl methyl sites for hydroxylation is 1. The van der Waals surface area contributed by atoms with Crippen molar-refractivity contribution in [1.29, 1.82) is 0 Å². The minimum atomic E-state index is -0.548. The predicted molar refractivity (Wildman–Crippen MR) is 122 cm³/mol. The molecular formula is C21H19Br2N3O5. The summed E-state index contributed by atoms with van der Waals surface area (Å²) in [6, 6.07) is 7.78. The van der Waals surface area contributed by atoms with Gasteiger partial charge in [-0.25, -0.2) is 5.43 Å². The van der Waals surface area contributed by atoms with Crippen LogP contribution in [-0.4, -0.2) is 31.7 Å². The molecule has 0 fully saturated rings. The monoisotopic (exact) mass is 551 g/mol. The number of hydrogen-bond donors (Lipinski definition) is 1. The Kier molecular flexibility index (Phi) is 6.19. The molecule has 0 bridgehead atoms. The lowest BCUT2D eigenvalue weighted by Crippen LogP contribution is -2.31. The van der Waals surface area contributed by atoms with Gasteiger partial charge in [-0.15, -0.1) is 0 Å². The average Bonchev–Trinajstić information content (AvgIpc) is 3.36. The van der Waals surface area contributed by atoms with E-state index in [0.717, 1.165) is 11.1 Å². The first-order chi connectivity index (χ1) is 14.9. The number of hydrogen-bond acceptors (Lipinski definition) is 7. The van der Waals surface area contributed by atoms with Gasteiger partial charge in [0.1, 0.15) is 0 Å². The van der Waals surface area contributed by atoms with Gasteiger partial charge in [-0.05, 0) is 44.3 Å². The molecule has 1 N–H and O–H groups in total. The van der Waals surface area contributed by atoms with Crippen LogP contribution in [0.1, 0.15) is 29.7 Å². The van der Waals surface area contributed by atoms with Crippen molar-refractivity contribution in [3.05, 3.63) is 49.9 Å². The number of benzene rings is 2. The first-order valence-corrected chi connectivity index (χ1v) is 11.0. The second-order valence-corrected chi connectivity index (χ2v) is 8.63. The van der Waals surface area contributed by atoms with Crippen LogP contribution in [0.25, 0.3) is 0 Å². The molecule has 10 heteroatoms. The zero-order valence-electron chi connectivity index (χ0n) is 16.9. The number of ether oxygens (including phenoxy) is 3. The Morgan fingerprint density at radius 1 is 1.29 bits per heavy atom. The van der Waals surface area contributed by atoms with E-state index in [9.17, 15) is 4.79 Å². The highest BCUT2D eigenvalue weighted by atomic mass is 79.9. The van der Waals surface area contributed by atoms with Crippen LogP contribution in [0.15, 0.2) is 43.5 Å². The molecule has 0 saturated carbocycles. The van der Waals surface area contributed by atoms with Crippen LogP contribution in [0.3, 0.4) is 0 Å². The molecule has 0 aliphatic carbocycles. The van der Waals surface area contributed by atoms with E-state index in [4.69, 9.17) is 19.0 Å². The Labute approximate surface area is 195 Å². The molecule has 162 valence electrons. The molecule has 0 radical (unpaired) electrons. The number of nitrogens with zero attached hydrogens (tertiary/aromatic N) is 2. The smallest absolute Gasteiger partial charge is 0.289 e. The van der Waals surface area contributed by atoms with Crippen molar-refractivity contribution in [2.45, 2.75) is 20.0 Å². The van der Waals surface area contributed by atoms with Gasteiger partial charge < -0.3 is 19.0 Å². The first kappa shape index (κ1) is 21.6. The summed E-state index contributed by atoms with van der Waals surface area (Å²) < 4.78 is 17.9. The summed E-state index contributed by atoms with van der Waals surface area (Å²) in [5, 5.41) is 8.05. The van der Waals surface area contributed by atoms with E-state index in [1.54, 1.807) is 13.3 Å². The summed E-state index contributed by atoms with van der Waals surface area (Å²) in [6.45, 7) is 3.93. The van der Waals surface area contributed by atoms with Crippen molar-refractivity contribution in [3.8, 4) is 17.2 Å². The highest BCUT2D eigenvalue weighted by molar-refractivity contribution is 9.11. The first-order valence-electron chi connectivity index (χ1n) is 9.40. The number of hydrazone groups is 1. The highest BCUT2D eigenvalue weighted by Crippen LogP contribution is 2.55. The van der Waals surface area contributed by atoms with E-state index in [-0.39, 0.29) is 18.4 Å². The molecule has 2 aromatic carbocycles. The molecule has 0 spiro atoms. The lowest BCUT2D eigenvalue weighted by molar-refractivity contribution is -0.115. The van der Waals surface area contributed by atoms with Gasteiger partial charge in [-0.2, -0.15) is 5.10 Å². The van der Waals surface area contributed by atoms with Crippen LogP contribution in [0.5, 0.6) is 17.2 Å². The van der Waals surface area contributed by atoms with Gasteiger partial charge in [0.15, 0.2) is 23.3 Å². The minimum Gasteiger partial charge on any atom is -0.492 e. The molecule has 0 saturated heterocycles. The number of carbonyl (C=O) groups excluding carboxylic acids is 1. The number of amides is 1. The van der Waals surface area contributed by atoms with Crippen LogP contribution in [0.2, 0.25) is 0 Å². The van der Waals surface area contributed by atoms with Crippen LogP contribution >= 0.6 is 31.9 Å². The number of rotatable bonds is 5. The van der Waals surface area contributed by atoms with Gasteiger partial charge in [0.25, 0.3) is 5.91 Å². The zero-order chi connectivity index (χ0) is 22.1. The molecular weight excluding hydrogens is 534 g/mol. The summed E-state index contributed by atoms with van der Waals surface area (Å²) in [5.41, 5.74) is 5.46. The van der Waals surface area contributed by atoms with E-state index in [1.165, 1.54) is 0 Å². The third kappa shape index (κ3) is 4.01. The molecule has 0 aromatic heterocycles. The van der Waals surface area contributed by atoms with Crippen molar-refractivity contribution < 1.29 is 23.8 Å². The fourth-order valence-corrected chi connectivity index (χ4v) is 5.19. The standard InChI is InChI=1S/C21H19Br2N3O5/c1-10-5-4-6-12(7-10)8-24-25-21(27)16-11(2)17(31-26-16)13-14(22)18(28-3)20-19(15(13)23)29-9-30-20/h4-8,11,17H,9H2,1-3H3,(H,25,27)/b24-8-/t11-,17+/m1/s1. The second kappa shape index (κ2) is 8.88. The summed E-state index contributed by atoms with van der Waals surface area (Å²) in [4.78, 5) is 18.3. The number of oxime groups is 1. The second-order valence-electron chi connectivity index (χ2n) is 7.04. The molecule has 2 aliphatic rings. The van der Waals surface area contributed by atoms with Crippen LogP contribution in [-0.2, 0) is 9.63 Å². The van der Waals surface area contributed by atoms with E-state index in [0.29, 0.717) is 31.8 Å². The van der Waals surface area contributed by atoms with E-state index in [1.807, 2.05) is 38.1 Å². The van der Waals surface area contributed by atoms with E-state index < -0.39 is 12.0 Å². The highest BCUT2D eigenvalue weighted by Gasteiger charge is 2.41. The zero-order valence-corrected chi connectivity index (χ0v) is 20.1. The van der Waals surface area contributed by atoms with Crippen LogP contribution < -0.4 is 19.6 Å². The Balaban J connectivity index is 1.53. The normalized spacial score (nSPS) is 19.3. The third-order valence-electron chi connectivity index (χ3n) is 4.98. The van der Waals surface area contributed by atoms with Gasteiger partial charge in [0.05, 0.1) is 28.2 Å². The fraction of sp³-hybridized carbons (Fsp3) is 0.286. The Hall–Kier alpha value is -2.59. The predicted octanol–water partition coefficient (Wildman–Crippen LogP) is 4.47. The Bertz CT molecular complexity index is 1100. The average molecular weight is 553 g/mol. The lowest BCUT2D eigenvalue weighted by Gasteiger charge is -2.20. The molecule has 2 aliphatic heterocycles. The molecule has 1 amide bonds. The topological polar surface area (TPSA) is 90.7 Å². The van der Waals surface area contributed by atoms with E-state index >= 15 is 0 Å². The maximum absolute atomic E-state index is 12.6. The number of carbonyl (C=O) groups is 1. The minimum absolute atomic E-state index is 0.0877. The molecule has 31 heavy (non-hydrogen) atoms. The summed E-state index contributed by atoms with van der Waals surface area (Å²) >= 11 is 7.14. The van der Waals surface area contributed by atoms with Gasteiger partial charge >= 0.3 is 0 Å². The number of fused-ring (bicyclic) bond motifs is 1. The van der Waals surface area contributed by atoms with Crippen molar-refractivity contribution in [2.24, 2.45) is 16.2 Å². The summed E-state index contributed by atoms with van der Waals surface area (Å²) in [6.07, 6.45) is 1.04. The largest absolute Gasteiger partial charge is 0.492 e. The molecule has 8 nitrogen and oxygen atoms in total. The Morgan fingerprint density at radius 3 is 2.81 bits per heavy atom. The molecule has 2 heterocycles. The Morgan fingerprint density at radius 2 is 2.06 bits per heavy atom. The van der Waals surface area contributed by atoms with Gasteiger partial charge in [0, 0.05) is 5.56 Å². The van der Waals surface area contributed by atoms with Gasteiger partial charge in [-0.3, -0.25) is 4.79 Å². The van der Waals surface area contributed by atoms with Gasteiger partial charge in [-0.1, -0.05) is 41.9 Å². The molecule has 2 aromatic rings. The summed E-state index contributed by atoms with van der Waals surface area (Å²) in [5.74, 6) is 0.722. The number of methoxy groups -OCH3 is 1. The number of halogens is 2. The van der Waals surface area contributed by atoms with Crippen molar-refractivity contribution in [2.75, 3.05) is 13.9 Å².